The fraction of sp³-hybridized carbons (Fsp3) is 0.850. The van der Waals surface area contributed by atoms with E-state index in [4.69, 9.17) is 4.74 Å². The molecule has 4 bridgehead atoms. The van der Waals surface area contributed by atoms with Crippen molar-refractivity contribution in [3.8, 4) is 0 Å². The zero-order valence-corrected chi connectivity index (χ0v) is 16.1. The van der Waals surface area contributed by atoms with Crippen LogP contribution in [0.1, 0.15) is 45.4 Å². The Balaban J connectivity index is 1.48. The molecule has 27 heavy (non-hydrogen) atoms. The molecule has 2 amide bonds. The van der Waals surface area contributed by atoms with Crippen LogP contribution >= 0.6 is 0 Å². The van der Waals surface area contributed by atoms with Crippen LogP contribution in [0.5, 0.6) is 0 Å². The maximum atomic E-state index is 13.0. The number of ether oxygens (including phenoxy) is 1. The van der Waals surface area contributed by atoms with Crippen molar-refractivity contribution in [3.63, 3.8) is 0 Å². The SMILES string of the molecule is COC(=O)C1C2CC3CC(C2)C(NC(=O)N2CCCC(C)(C(=O)O)C2)C1C3. The van der Waals surface area contributed by atoms with Crippen LogP contribution in [0.25, 0.3) is 0 Å². The molecule has 4 aliphatic carbocycles. The number of carboxylic acid groups (broad SMARTS) is 1. The fourth-order valence-corrected chi connectivity index (χ4v) is 6.46. The first kappa shape index (κ1) is 18.6. The molecule has 0 aromatic rings. The summed E-state index contributed by atoms with van der Waals surface area (Å²) in [6.45, 7) is 2.54. The number of nitrogens with zero attached hydrogens (tertiary/aromatic N) is 1. The van der Waals surface area contributed by atoms with E-state index in [1.54, 1.807) is 11.8 Å². The molecular weight excluding hydrogens is 348 g/mol. The Morgan fingerprint density at radius 3 is 2.59 bits per heavy atom. The molecule has 5 fully saturated rings. The van der Waals surface area contributed by atoms with E-state index < -0.39 is 11.4 Å². The second-order valence-electron chi connectivity index (χ2n) is 9.41. The van der Waals surface area contributed by atoms with Gasteiger partial charge in [-0.15, -0.1) is 0 Å². The maximum Gasteiger partial charge on any atom is 0.317 e. The number of urea groups is 1. The number of rotatable bonds is 3. The Bertz CT molecular complexity index is 652. The van der Waals surface area contributed by atoms with E-state index in [2.05, 4.69) is 5.32 Å². The smallest absolute Gasteiger partial charge is 0.317 e. The van der Waals surface area contributed by atoms with E-state index in [0.29, 0.717) is 37.1 Å². The normalized spacial score (nSPS) is 42.7. The number of aliphatic carboxylic acids is 1. The second kappa shape index (κ2) is 6.67. The van der Waals surface area contributed by atoms with Gasteiger partial charge in [-0.05, 0) is 69.1 Å². The molecule has 4 saturated carbocycles. The van der Waals surface area contributed by atoms with E-state index in [1.807, 2.05) is 0 Å². The number of hydrogen-bond acceptors (Lipinski definition) is 4. The van der Waals surface area contributed by atoms with Gasteiger partial charge in [-0.1, -0.05) is 0 Å². The summed E-state index contributed by atoms with van der Waals surface area (Å²) in [5, 5.41) is 12.7. The minimum atomic E-state index is -0.881. The van der Waals surface area contributed by atoms with Crippen molar-refractivity contribution in [1.82, 2.24) is 10.2 Å². The zero-order valence-electron chi connectivity index (χ0n) is 16.1. The van der Waals surface area contributed by atoms with Crippen LogP contribution < -0.4 is 5.32 Å². The third-order valence-electron chi connectivity index (χ3n) is 7.68. The Morgan fingerprint density at radius 2 is 1.89 bits per heavy atom. The van der Waals surface area contributed by atoms with E-state index in [-0.39, 0.29) is 36.4 Å². The van der Waals surface area contributed by atoms with Gasteiger partial charge in [0.05, 0.1) is 18.4 Å². The minimum Gasteiger partial charge on any atom is -0.481 e. The van der Waals surface area contributed by atoms with Crippen molar-refractivity contribution in [2.45, 2.75) is 51.5 Å². The Morgan fingerprint density at radius 1 is 1.15 bits per heavy atom. The number of amides is 2. The number of piperidine rings is 1. The largest absolute Gasteiger partial charge is 0.481 e. The summed E-state index contributed by atoms with van der Waals surface area (Å²) >= 11 is 0. The Labute approximate surface area is 159 Å². The second-order valence-corrected chi connectivity index (χ2v) is 9.41. The number of hydrogen-bond donors (Lipinski definition) is 2. The topological polar surface area (TPSA) is 95.9 Å². The summed E-state index contributed by atoms with van der Waals surface area (Å²) in [4.78, 5) is 38.6. The molecule has 7 nitrogen and oxygen atoms in total. The van der Waals surface area contributed by atoms with Gasteiger partial charge < -0.3 is 20.1 Å². The Hall–Kier alpha value is -1.79. The molecule has 5 aliphatic rings. The highest BCUT2D eigenvalue weighted by atomic mass is 16.5. The van der Waals surface area contributed by atoms with Gasteiger partial charge in [0, 0.05) is 19.1 Å². The molecule has 1 aliphatic heterocycles. The van der Waals surface area contributed by atoms with Crippen LogP contribution in [0.4, 0.5) is 4.79 Å². The number of methoxy groups -OCH3 is 1. The van der Waals surface area contributed by atoms with Crippen molar-refractivity contribution in [3.05, 3.63) is 0 Å². The lowest BCUT2D eigenvalue weighted by Crippen LogP contribution is -2.63. The summed E-state index contributed by atoms with van der Waals surface area (Å²) in [5.74, 6) is 0.524. The van der Waals surface area contributed by atoms with Gasteiger partial charge in [0.25, 0.3) is 0 Å². The van der Waals surface area contributed by atoms with Gasteiger partial charge in [-0.3, -0.25) is 9.59 Å². The van der Waals surface area contributed by atoms with E-state index in [1.165, 1.54) is 7.11 Å². The molecule has 7 atom stereocenters. The van der Waals surface area contributed by atoms with Crippen LogP contribution in [0.3, 0.4) is 0 Å². The van der Waals surface area contributed by atoms with E-state index in [0.717, 1.165) is 25.7 Å². The molecule has 0 spiro atoms. The van der Waals surface area contributed by atoms with Gasteiger partial charge in [-0.2, -0.15) is 0 Å². The number of esters is 1. The molecule has 1 heterocycles. The summed E-state index contributed by atoms with van der Waals surface area (Å²) in [5.41, 5.74) is -0.881. The summed E-state index contributed by atoms with van der Waals surface area (Å²) in [6.07, 6.45) is 5.47. The van der Waals surface area contributed by atoms with Gasteiger partial charge in [0.2, 0.25) is 0 Å². The van der Waals surface area contributed by atoms with Gasteiger partial charge in [-0.25, -0.2) is 4.79 Å². The van der Waals surface area contributed by atoms with Crippen molar-refractivity contribution >= 4 is 18.0 Å². The minimum absolute atomic E-state index is 0.00703. The molecule has 0 aromatic carbocycles. The lowest BCUT2D eigenvalue weighted by molar-refractivity contribution is -0.162. The number of carbonyl (C=O) groups excluding carboxylic acids is 2. The summed E-state index contributed by atoms with van der Waals surface area (Å²) in [6, 6.07) is -0.185. The summed E-state index contributed by atoms with van der Waals surface area (Å²) < 4.78 is 5.07. The predicted molar refractivity (Wildman–Crippen MR) is 96.8 cm³/mol. The first-order valence-corrected chi connectivity index (χ1v) is 10.2. The van der Waals surface area contributed by atoms with Crippen LogP contribution in [0, 0.1) is 35.0 Å². The maximum absolute atomic E-state index is 13.0. The quantitative estimate of drug-likeness (QED) is 0.733. The highest BCUT2D eigenvalue weighted by Crippen LogP contribution is 2.56. The van der Waals surface area contributed by atoms with E-state index in [9.17, 15) is 19.5 Å². The third kappa shape index (κ3) is 3.09. The molecule has 1 saturated heterocycles. The number of carboxylic acids is 1. The van der Waals surface area contributed by atoms with Crippen LogP contribution in [-0.4, -0.2) is 54.2 Å². The van der Waals surface area contributed by atoms with E-state index >= 15 is 0 Å². The molecule has 0 radical (unpaired) electrons. The number of nitrogens with one attached hydrogen (secondary N) is 1. The predicted octanol–water partition coefficient (Wildman–Crippen LogP) is 2.11. The van der Waals surface area contributed by atoms with Crippen molar-refractivity contribution in [2.75, 3.05) is 20.2 Å². The Kier molecular flexibility index (Phi) is 4.59. The first-order chi connectivity index (χ1) is 12.8. The standard InChI is InChI=1S/C20H30N2O5/c1-20(18(24)25)4-3-5-22(10-20)19(26)21-16-13-7-11-6-12(9-13)15(14(16)8-11)17(23)27-2/h11-16H,3-10H2,1-2H3,(H,21,26)(H,24,25). The molecular formula is C20H30N2O5. The van der Waals surface area contributed by atoms with Crippen LogP contribution in [0.15, 0.2) is 0 Å². The molecule has 2 N–H and O–H groups in total. The van der Waals surface area contributed by atoms with Crippen molar-refractivity contribution < 1.29 is 24.2 Å². The fourth-order valence-electron chi connectivity index (χ4n) is 6.46. The lowest BCUT2D eigenvalue weighted by Gasteiger charge is -2.57. The summed E-state index contributed by atoms with van der Waals surface area (Å²) in [7, 11) is 1.45. The van der Waals surface area contributed by atoms with Gasteiger partial charge in [0.15, 0.2) is 0 Å². The average molecular weight is 378 g/mol. The third-order valence-corrected chi connectivity index (χ3v) is 7.68. The lowest BCUT2D eigenvalue weighted by atomic mass is 9.50. The van der Waals surface area contributed by atoms with Crippen LogP contribution in [-0.2, 0) is 14.3 Å². The molecule has 7 unspecified atom stereocenters. The molecule has 0 aromatic heterocycles. The number of carbonyl (C=O) groups is 3. The molecule has 5 rings (SSSR count). The van der Waals surface area contributed by atoms with Gasteiger partial charge >= 0.3 is 18.0 Å². The van der Waals surface area contributed by atoms with Crippen LogP contribution in [0.2, 0.25) is 0 Å². The van der Waals surface area contributed by atoms with Crippen molar-refractivity contribution in [2.24, 2.45) is 35.0 Å². The molecule has 7 heteroatoms. The van der Waals surface area contributed by atoms with Gasteiger partial charge in [0.1, 0.15) is 0 Å². The first-order valence-electron chi connectivity index (χ1n) is 10.2. The highest BCUT2D eigenvalue weighted by Gasteiger charge is 2.56. The zero-order chi connectivity index (χ0) is 19.3. The number of likely N-dealkylation sites (tertiary alicyclic amines) is 1. The monoisotopic (exact) mass is 378 g/mol. The average Bonchev–Trinajstić information content (AvgIpc) is 2.63. The van der Waals surface area contributed by atoms with Crippen molar-refractivity contribution in [1.29, 1.82) is 0 Å². The molecule has 150 valence electrons. The highest BCUT2D eigenvalue weighted by molar-refractivity contribution is 5.79.